The number of ether oxygens (including phenoxy) is 2. The summed E-state index contributed by atoms with van der Waals surface area (Å²) < 4.78 is 36.6. The second kappa shape index (κ2) is 4.83. The lowest BCUT2D eigenvalue weighted by Gasteiger charge is -2.10. The molecule has 0 aromatic carbocycles. The molecular formula is C7H12O6S. The molecule has 0 aromatic heterocycles. The van der Waals surface area contributed by atoms with Crippen LogP contribution in [0.1, 0.15) is 6.92 Å². The van der Waals surface area contributed by atoms with Crippen LogP contribution in [0, 0.1) is 5.92 Å². The van der Waals surface area contributed by atoms with Gasteiger partial charge in [-0.15, -0.1) is 0 Å². The molecule has 1 fully saturated rings. The molecule has 0 bridgehead atoms. The Morgan fingerprint density at radius 1 is 1.50 bits per heavy atom. The van der Waals surface area contributed by atoms with Gasteiger partial charge in [0, 0.05) is 5.92 Å². The van der Waals surface area contributed by atoms with Gasteiger partial charge >= 0.3 is 0 Å². The van der Waals surface area contributed by atoms with E-state index in [-0.39, 0.29) is 5.75 Å². The van der Waals surface area contributed by atoms with Gasteiger partial charge < -0.3 is 14.3 Å². The topological polar surface area (TPSA) is 78.9 Å². The smallest absolute Gasteiger partial charge is 0.287 e. The van der Waals surface area contributed by atoms with E-state index in [2.05, 4.69) is 4.18 Å². The Labute approximate surface area is 82.3 Å². The fraction of sp³-hybridized carbons (Fsp3) is 0.857. The van der Waals surface area contributed by atoms with E-state index in [1.165, 1.54) is 6.92 Å². The van der Waals surface area contributed by atoms with Crippen molar-refractivity contribution in [3.63, 3.8) is 0 Å². The molecule has 1 aliphatic heterocycles. The first kappa shape index (κ1) is 11.6. The molecule has 14 heavy (non-hydrogen) atoms. The minimum Gasteiger partial charge on any atom is -0.327 e. The van der Waals surface area contributed by atoms with Gasteiger partial charge in [0.15, 0.2) is 0 Å². The van der Waals surface area contributed by atoms with E-state index < -0.39 is 22.5 Å². The molecule has 0 aromatic rings. The van der Waals surface area contributed by atoms with E-state index in [1.807, 2.05) is 0 Å². The highest BCUT2D eigenvalue weighted by Gasteiger charge is 2.25. The number of hydrogen-bond donors (Lipinski definition) is 0. The molecule has 1 heterocycles. The van der Waals surface area contributed by atoms with Crippen LogP contribution < -0.4 is 0 Å². The molecule has 1 aliphatic rings. The Bertz CT molecular complexity index is 279. The number of carbonyl (C=O) groups excluding carboxylic acids is 1. The van der Waals surface area contributed by atoms with E-state index in [9.17, 15) is 13.2 Å². The third-order valence-corrected chi connectivity index (χ3v) is 2.90. The summed E-state index contributed by atoms with van der Waals surface area (Å²) in [5, 5.41) is 0. The van der Waals surface area contributed by atoms with Gasteiger partial charge in [-0.1, -0.05) is 6.92 Å². The molecule has 0 spiro atoms. The molecule has 1 atom stereocenters. The molecule has 1 rings (SSSR count). The van der Waals surface area contributed by atoms with Gasteiger partial charge in [-0.05, 0) is 0 Å². The molecular weight excluding hydrogens is 212 g/mol. The van der Waals surface area contributed by atoms with E-state index in [0.29, 0.717) is 19.5 Å². The van der Waals surface area contributed by atoms with E-state index in [4.69, 9.17) is 9.47 Å². The first-order chi connectivity index (χ1) is 6.53. The highest BCUT2D eigenvalue weighted by molar-refractivity contribution is 7.86. The van der Waals surface area contributed by atoms with Crippen LogP contribution in [0.3, 0.4) is 0 Å². The predicted octanol–water partition coefficient (Wildman–Crippen LogP) is -0.502. The summed E-state index contributed by atoms with van der Waals surface area (Å²) in [7, 11) is -3.76. The third-order valence-electron chi connectivity index (χ3n) is 1.52. The molecule has 0 N–H and O–H groups in total. The van der Waals surface area contributed by atoms with Crippen LogP contribution in [0.5, 0.6) is 0 Å². The van der Waals surface area contributed by atoms with Crippen LogP contribution in [0.15, 0.2) is 0 Å². The molecule has 0 radical (unpaired) electrons. The van der Waals surface area contributed by atoms with Crippen molar-refractivity contribution in [3.05, 3.63) is 0 Å². The Balaban J connectivity index is 2.44. The lowest BCUT2D eigenvalue weighted by atomic mass is 10.3. The van der Waals surface area contributed by atoms with Gasteiger partial charge in [-0.25, -0.2) is 4.18 Å². The number of aldehydes is 1. The third kappa shape index (κ3) is 3.70. The molecule has 1 unspecified atom stereocenters. The summed E-state index contributed by atoms with van der Waals surface area (Å²) in [4.78, 5) is 10.2. The highest BCUT2D eigenvalue weighted by Crippen LogP contribution is 2.11. The monoisotopic (exact) mass is 224 g/mol. The maximum absolute atomic E-state index is 11.2. The summed E-state index contributed by atoms with van der Waals surface area (Å²) in [5.41, 5.74) is 0. The normalized spacial score (nSPS) is 20.9. The van der Waals surface area contributed by atoms with Gasteiger partial charge in [-0.2, -0.15) is 8.42 Å². The van der Waals surface area contributed by atoms with Crippen LogP contribution in [0.2, 0.25) is 0 Å². The van der Waals surface area contributed by atoms with Crippen molar-refractivity contribution in [2.24, 2.45) is 5.92 Å². The summed E-state index contributed by atoms with van der Waals surface area (Å²) in [5.74, 6) is -0.957. The van der Waals surface area contributed by atoms with Crippen molar-refractivity contribution in [1.29, 1.82) is 0 Å². The zero-order valence-corrected chi connectivity index (χ0v) is 8.53. The molecule has 0 amide bonds. The van der Waals surface area contributed by atoms with Crippen LogP contribution in [-0.4, -0.2) is 40.1 Å². The fourth-order valence-corrected chi connectivity index (χ4v) is 2.06. The van der Waals surface area contributed by atoms with Gasteiger partial charge in [0.05, 0.1) is 19.0 Å². The minimum absolute atomic E-state index is 0.309. The summed E-state index contributed by atoms with van der Waals surface area (Å²) in [6.07, 6.45) is 0.553. The van der Waals surface area contributed by atoms with Crippen molar-refractivity contribution in [2.45, 2.75) is 13.4 Å². The maximum Gasteiger partial charge on any atom is 0.287 e. The molecule has 6 nitrogen and oxygen atoms in total. The summed E-state index contributed by atoms with van der Waals surface area (Å²) in [6.45, 7) is 0.954. The molecule has 0 saturated carbocycles. The number of hydrogen-bond acceptors (Lipinski definition) is 6. The standard InChI is InChI=1S/C7H12O6S/c1-6(4-8)5-14(9,10)13-7-11-2-3-12-7/h4,6-7H,2-3,5H2,1H3. The summed E-state index contributed by atoms with van der Waals surface area (Å²) in [6, 6.07) is 0. The Morgan fingerprint density at radius 2 is 2.07 bits per heavy atom. The lowest BCUT2D eigenvalue weighted by Crippen LogP contribution is -2.24. The second-order valence-corrected chi connectivity index (χ2v) is 4.61. The van der Waals surface area contributed by atoms with Gasteiger partial charge in [0.25, 0.3) is 16.6 Å². The Morgan fingerprint density at radius 3 is 2.57 bits per heavy atom. The quantitative estimate of drug-likeness (QED) is 0.462. The van der Waals surface area contributed by atoms with E-state index >= 15 is 0 Å². The van der Waals surface area contributed by atoms with E-state index in [0.717, 1.165) is 0 Å². The van der Waals surface area contributed by atoms with Gasteiger partial charge in [0.1, 0.15) is 6.29 Å². The van der Waals surface area contributed by atoms with Gasteiger partial charge in [0.2, 0.25) is 0 Å². The van der Waals surface area contributed by atoms with Crippen molar-refractivity contribution < 1.29 is 26.9 Å². The SMILES string of the molecule is CC(C=O)CS(=O)(=O)OC1OCCO1. The first-order valence-electron chi connectivity index (χ1n) is 4.13. The largest absolute Gasteiger partial charge is 0.327 e. The molecule has 0 aliphatic carbocycles. The Kier molecular flexibility index (Phi) is 3.99. The van der Waals surface area contributed by atoms with Crippen LogP contribution in [-0.2, 0) is 28.6 Å². The minimum atomic E-state index is -3.76. The number of rotatable bonds is 5. The van der Waals surface area contributed by atoms with Crippen LogP contribution in [0.4, 0.5) is 0 Å². The average Bonchev–Trinajstić information content (AvgIpc) is 2.54. The van der Waals surface area contributed by atoms with E-state index in [1.54, 1.807) is 0 Å². The zero-order valence-electron chi connectivity index (χ0n) is 7.71. The summed E-state index contributed by atoms with van der Waals surface area (Å²) >= 11 is 0. The molecule has 82 valence electrons. The van der Waals surface area contributed by atoms with Gasteiger partial charge in [-0.3, -0.25) is 0 Å². The highest BCUT2D eigenvalue weighted by atomic mass is 32.2. The lowest BCUT2D eigenvalue weighted by molar-refractivity contribution is -0.173. The fourth-order valence-electron chi connectivity index (χ4n) is 0.913. The average molecular weight is 224 g/mol. The zero-order chi connectivity index (χ0) is 10.6. The molecule has 1 saturated heterocycles. The first-order valence-corrected chi connectivity index (χ1v) is 5.71. The Hall–Kier alpha value is -0.500. The van der Waals surface area contributed by atoms with Crippen LogP contribution >= 0.6 is 0 Å². The van der Waals surface area contributed by atoms with Crippen molar-refractivity contribution in [3.8, 4) is 0 Å². The number of carbonyl (C=O) groups is 1. The van der Waals surface area contributed by atoms with Crippen molar-refractivity contribution >= 4 is 16.4 Å². The second-order valence-electron chi connectivity index (χ2n) is 2.96. The predicted molar refractivity (Wildman–Crippen MR) is 45.8 cm³/mol. The van der Waals surface area contributed by atoms with Crippen molar-refractivity contribution in [2.75, 3.05) is 19.0 Å². The maximum atomic E-state index is 11.2. The van der Waals surface area contributed by atoms with Crippen LogP contribution in [0.25, 0.3) is 0 Å². The molecule has 7 heteroatoms. The van der Waals surface area contributed by atoms with Crippen molar-refractivity contribution in [1.82, 2.24) is 0 Å².